The summed E-state index contributed by atoms with van der Waals surface area (Å²) in [6.07, 6.45) is 0. The van der Waals surface area contributed by atoms with Gasteiger partial charge >= 0.3 is 5.97 Å². The van der Waals surface area contributed by atoms with E-state index in [1.54, 1.807) is 0 Å². The van der Waals surface area contributed by atoms with Crippen LogP contribution in [0.1, 0.15) is 0 Å². The van der Waals surface area contributed by atoms with Crippen molar-refractivity contribution in [2.24, 2.45) is 0 Å². The molecule has 2 aromatic rings. The van der Waals surface area contributed by atoms with Gasteiger partial charge in [-0.3, -0.25) is 4.79 Å². The van der Waals surface area contributed by atoms with Crippen molar-refractivity contribution in [1.82, 2.24) is 0 Å². The van der Waals surface area contributed by atoms with Crippen molar-refractivity contribution in [2.75, 3.05) is 19.0 Å². The van der Waals surface area contributed by atoms with Crippen LogP contribution in [0.4, 0.5) is 5.69 Å². The summed E-state index contributed by atoms with van der Waals surface area (Å²) in [5.41, 5.74) is 0.988. The van der Waals surface area contributed by atoms with Gasteiger partial charge in [-0.1, -0.05) is 46.3 Å². The van der Waals surface area contributed by atoms with Crippen LogP contribution in [-0.4, -0.2) is 24.5 Å². The lowest BCUT2D eigenvalue weighted by Crippen LogP contribution is -2.24. The Bertz CT molecular complexity index is 556. The van der Waals surface area contributed by atoms with Gasteiger partial charge in [0.25, 0.3) is 0 Å². The van der Waals surface area contributed by atoms with Gasteiger partial charge in [0.15, 0.2) is 0 Å². The van der Waals surface area contributed by atoms with Crippen LogP contribution >= 0.6 is 15.9 Å². The number of benzene rings is 2. The zero-order chi connectivity index (χ0) is 13.0. The fraction of sp³-hybridized carbons (Fsp3) is 0.214. The number of carbonyl (C=O) groups is 1. The van der Waals surface area contributed by atoms with Gasteiger partial charge in [-0.2, -0.15) is 0 Å². The Morgan fingerprint density at radius 3 is 2.72 bits per heavy atom. The van der Waals surface area contributed by atoms with E-state index in [1.165, 1.54) is 17.9 Å². The highest BCUT2D eigenvalue weighted by atomic mass is 79.9. The van der Waals surface area contributed by atoms with Crippen molar-refractivity contribution in [2.45, 2.75) is 4.83 Å². The molecule has 2 rings (SSSR count). The number of halogens is 1. The van der Waals surface area contributed by atoms with Gasteiger partial charge in [-0.05, 0) is 22.9 Å². The van der Waals surface area contributed by atoms with Crippen molar-refractivity contribution in [1.29, 1.82) is 0 Å². The Morgan fingerprint density at radius 2 is 2.00 bits per heavy atom. The summed E-state index contributed by atoms with van der Waals surface area (Å²) in [5.74, 6) is -0.275. The molecule has 0 saturated heterocycles. The first-order valence-electron chi connectivity index (χ1n) is 5.65. The molecule has 1 atom stereocenters. The maximum atomic E-state index is 11.2. The summed E-state index contributed by atoms with van der Waals surface area (Å²) in [6.45, 7) is 0.491. The standard InChI is InChI=1S/C14H14BrNO2/c1-18-14(17)13(15)9-16-12-7-6-10-4-2-3-5-11(10)8-12/h2-8,13,16H,9H2,1H3. The molecule has 0 heterocycles. The van der Waals surface area contributed by atoms with E-state index in [9.17, 15) is 4.79 Å². The molecule has 94 valence electrons. The second kappa shape index (κ2) is 5.87. The van der Waals surface area contributed by atoms with Crippen molar-refractivity contribution in [3.63, 3.8) is 0 Å². The topological polar surface area (TPSA) is 38.3 Å². The number of carbonyl (C=O) groups excluding carboxylic acids is 1. The van der Waals surface area contributed by atoms with Gasteiger partial charge in [-0.25, -0.2) is 0 Å². The Morgan fingerprint density at radius 1 is 1.28 bits per heavy atom. The first kappa shape index (κ1) is 12.9. The molecular weight excluding hydrogens is 294 g/mol. The molecule has 0 aliphatic heterocycles. The molecule has 2 aromatic carbocycles. The van der Waals surface area contributed by atoms with Crippen molar-refractivity contribution in [3.05, 3.63) is 42.5 Å². The maximum Gasteiger partial charge on any atom is 0.321 e. The highest BCUT2D eigenvalue weighted by Crippen LogP contribution is 2.19. The van der Waals surface area contributed by atoms with E-state index < -0.39 is 0 Å². The minimum absolute atomic E-state index is 0.275. The van der Waals surface area contributed by atoms with Crippen molar-refractivity contribution < 1.29 is 9.53 Å². The molecule has 3 nitrogen and oxygen atoms in total. The maximum absolute atomic E-state index is 11.2. The number of hydrogen-bond donors (Lipinski definition) is 1. The molecule has 0 aliphatic carbocycles. The Balaban J connectivity index is 2.06. The first-order chi connectivity index (χ1) is 8.70. The number of alkyl halides is 1. The second-order valence-electron chi connectivity index (χ2n) is 3.93. The zero-order valence-corrected chi connectivity index (χ0v) is 11.6. The third-order valence-electron chi connectivity index (χ3n) is 2.69. The van der Waals surface area contributed by atoms with Crippen molar-refractivity contribution in [3.8, 4) is 0 Å². The predicted molar refractivity (Wildman–Crippen MR) is 77.2 cm³/mol. The number of nitrogens with one attached hydrogen (secondary N) is 1. The minimum atomic E-state index is -0.339. The molecule has 0 fully saturated rings. The fourth-order valence-corrected chi connectivity index (χ4v) is 2.07. The molecule has 0 amide bonds. The molecule has 4 heteroatoms. The average Bonchev–Trinajstić information content (AvgIpc) is 2.43. The summed E-state index contributed by atoms with van der Waals surface area (Å²) >= 11 is 3.27. The third-order valence-corrected chi connectivity index (χ3v) is 3.39. The van der Waals surface area contributed by atoms with E-state index in [2.05, 4.69) is 50.2 Å². The van der Waals surface area contributed by atoms with Crippen LogP contribution in [0.5, 0.6) is 0 Å². The average molecular weight is 308 g/mol. The molecule has 1 unspecified atom stereocenters. The predicted octanol–water partition coefficient (Wildman–Crippen LogP) is 3.19. The number of rotatable bonds is 4. The second-order valence-corrected chi connectivity index (χ2v) is 5.04. The molecule has 0 saturated carbocycles. The molecule has 0 aromatic heterocycles. The van der Waals surface area contributed by atoms with Crippen LogP contribution in [0, 0.1) is 0 Å². The molecule has 0 spiro atoms. The van der Waals surface area contributed by atoms with E-state index in [4.69, 9.17) is 0 Å². The SMILES string of the molecule is COC(=O)C(Br)CNc1ccc2ccccc2c1. The van der Waals surface area contributed by atoms with Crippen LogP contribution in [0.15, 0.2) is 42.5 Å². The van der Waals surface area contributed by atoms with E-state index in [1.807, 2.05) is 18.2 Å². The number of ether oxygens (including phenoxy) is 1. The molecule has 1 N–H and O–H groups in total. The highest BCUT2D eigenvalue weighted by molar-refractivity contribution is 9.10. The number of anilines is 1. The Hall–Kier alpha value is -1.55. The van der Waals surface area contributed by atoms with Crippen LogP contribution in [0.2, 0.25) is 0 Å². The number of methoxy groups -OCH3 is 1. The summed E-state index contributed by atoms with van der Waals surface area (Å²) in [4.78, 5) is 10.9. The largest absolute Gasteiger partial charge is 0.468 e. The van der Waals surface area contributed by atoms with Crippen molar-refractivity contribution >= 4 is 38.4 Å². The van der Waals surface area contributed by atoms with Crippen LogP contribution in [-0.2, 0) is 9.53 Å². The van der Waals surface area contributed by atoms with Gasteiger partial charge in [0.1, 0.15) is 4.83 Å². The molecule has 18 heavy (non-hydrogen) atoms. The van der Waals surface area contributed by atoms with Crippen LogP contribution in [0.25, 0.3) is 10.8 Å². The molecule has 0 radical (unpaired) electrons. The van der Waals surface area contributed by atoms with E-state index >= 15 is 0 Å². The molecule has 0 aliphatic rings. The third kappa shape index (κ3) is 3.01. The first-order valence-corrected chi connectivity index (χ1v) is 6.57. The van der Waals surface area contributed by atoms with Gasteiger partial charge < -0.3 is 10.1 Å². The summed E-state index contributed by atoms with van der Waals surface area (Å²) in [7, 11) is 1.38. The number of esters is 1. The van der Waals surface area contributed by atoms with Crippen LogP contribution < -0.4 is 5.32 Å². The quantitative estimate of drug-likeness (QED) is 0.696. The van der Waals surface area contributed by atoms with Crippen LogP contribution in [0.3, 0.4) is 0 Å². The van der Waals surface area contributed by atoms with Gasteiger partial charge in [0, 0.05) is 12.2 Å². The van der Waals surface area contributed by atoms with Gasteiger partial charge in [0.2, 0.25) is 0 Å². The Labute approximate surface area is 114 Å². The fourth-order valence-electron chi connectivity index (χ4n) is 1.72. The summed E-state index contributed by atoms with van der Waals surface area (Å²) < 4.78 is 4.64. The molecule has 0 bridgehead atoms. The number of hydrogen-bond acceptors (Lipinski definition) is 3. The van der Waals surface area contributed by atoms with E-state index in [0.717, 1.165) is 5.69 Å². The normalized spacial score (nSPS) is 12.1. The van der Waals surface area contributed by atoms with Gasteiger partial charge in [0.05, 0.1) is 7.11 Å². The van der Waals surface area contributed by atoms with E-state index in [0.29, 0.717) is 6.54 Å². The minimum Gasteiger partial charge on any atom is -0.468 e. The zero-order valence-electron chi connectivity index (χ0n) is 10.0. The van der Waals surface area contributed by atoms with E-state index in [-0.39, 0.29) is 10.8 Å². The lowest BCUT2D eigenvalue weighted by Gasteiger charge is -2.11. The number of fused-ring (bicyclic) bond motifs is 1. The summed E-state index contributed by atoms with van der Waals surface area (Å²) in [5, 5.41) is 5.58. The monoisotopic (exact) mass is 307 g/mol. The Kier molecular flexibility index (Phi) is 4.20. The lowest BCUT2D eigenvalue weighted by molar-refractivity contribution is -0.139. The lowest BCUT2D eigenvalue weighted by atomic mass is 10.1. The smallest absolute Gasteiger partial charge is 0.321 e. The molecular formula is C14H14BrNO2. The van der Waals surface area contributed by atoms with Gasteiger partial charge in [-0.15, -0.1) is 0 Å². The summed E-state index contributed by atoms with van der Waals surface area (Å²) in [6, 6.07) is 14.3. The highest BCUT2D eigenvalue weighted by Gasteiger charge is 2.14.